The molecule has 5 nitrogen and oxygen atoms in total. The Hall–Kier alpha value is -2.45. The Kier molecular flexibility index (Phi) is 3.84. The zero-order valence-electron chi connectivity index (χ0n) is 9.92. The number of para-hydroxylation sites is 1. The summed E-state index contributed by atoms with van der Waals surface area (Å²) in [5, 5.41) is 11.7. The second-order valence-corrected chi connectivity index (χ2v) is 3.59. The zero-order chi connectivity index (χ0) is 12.8. The summed E-state index contributed by atoms with van der Waals surface area (Å²) in [6.07, 6.45) is 2.82. The summed E-state index contributed by atoms with van der Waals surface area (Å²) >= 11 is 0. The molecule has 0 saturated carbocycles. The molecule has 2 rings (SSSR count). The van der Waals surface area contributed by atoms with Crippen LogP contribution in [0.5, 0.6) is 11.6 Å². The summed E-state index contributed by atoms with van der Waals surface area (Å²) in [6, 6.07) is 9.60. The molecule has 0 saturated heterocycles. The first kappa shape index (κ1) is 12.0. The Morgan fingerprint density at radius 3 is 2.78 bits per heavy atom. The molecule has 0 fully saturated rings. The third-order valence-electron chi connectivity index (χ3n) is 2.30. The van der Waals surface area contributed by atoms with Crippen LogP contribution in [0.1, 0.15) is 11.3 Å². The number of nitrogens with one attached hydrogen (secondary N) is 1. The molecule has 0 aliphatic carbocycles. The van der Waals surface area contributed by atoms with Crippen LogP contribution >= 0.6 is 0 Å². The Morgan fingerprint density at radius 1 is 1.28 bits per heavy atom. The summed E-state index contributed by atoms with van der Waals surface area (Å²) in [4.78, 5) is 7.92. The molecule has 0 radical (unpaired) electrons. The molecule has 0 spiro atoms. The molecule has 18 heavy (non-hydrogen) atoms. The highest BCUT2D eigenvalue weighted by molar-refractivity contribution is 5.35. The van der Waals surface area contributed by atoms with Gasteiger partial charge in [-0.15, -0.1) is 0 Å². The maximum Gasteiger partial charge on any atom is 0.237 e. The van der Waals surface area contributed by atoms with Crippen LogP contribution in [0.15, 0.2) is 36.7 Å². The average molecular weight is 240 g/mol. The van der Waals surface area contributed by atoms with Gasteiger partial charge in [-0.05, 0) is 13.1 Å². The molecule has 1 N–H and O–H groups in total. The number of nitrogens with zero attached hydrogens (tertiary/aromatic N) is 3. The topological polar surface area (TPSA) is 70.8 Å². The van der Waals surface area contributed by atoms with Gasteiger partial charge in [-0.1, -0.05) is 18.2 Å². The van der Waals surface area contributed by atoms with Crippen LogP contribution in [0.4, 0.5) is 0 Å². The second kappa shape index (κ2) is 5.75. The molecular weight excluding hydrogens is 228 g/mol. The van der Waals surface area contributed by atoms with Crippen molar-refractivity contribution in [2.75, 3.05) is 7.05 Å². The van der Waals surface area contributed by atoms with Crippen LogP contribution in [-0.2, 0) is 6.54 Å². The van der Waals surface area contributed by atoms with Gasteiger partial charge in [0.05, 0.1) is 12.4 Å². The van der Waals surface area contributed by atoms with Crippen LogP contribution < -0.4 is 10.1 Å². The molecule has 0 aliphatic rings. The summed E-state index contributed by atoms with van der Waals surface area (Å²) in [6.45, 7) is 0.708. The van der Waals surface area contributed by atoms with Gasteiger partial charge in [0.2, 0.25) is 5.88 Å². The quantitative estimate of drug-likeness (QED) is 0.883. The molecule has 1 aromatic carbocycles. The third kappa shape index (κ3) is 2.81. The minimum absolute atomic E-state index is 0.269. The number of hydrogen-bond donors (Lipinski definition) is 1. The van der Waals surface area contributed by atoms with Gasteiger partial charge < -0.3 is 10.1 Å². The second-order valence-electron chi connectivity index (χ2n) is 3.59. The Balaban J connectivity index is 2.20. The monoisotopic (exact) mass is 240 g/mol. The van der Waals surface area contributed by atoms with Gasteiger partial charge in [-0.25, -0.2) is 9.97 Å². The average Bonchev–Trinajstić information content (AvgIpc) is 2.42. The van der Waals surface area contributed by atoms with Crippen molar-refractivity contribution in [3.05, 3.63) is 47.9 Å². The SMILES string of the molecule is CNCc1ccccc1Oc1cnc(C#N)cn1. The van der Waals surface area contributed by atoms with Crippen molar-refractivity contribution in [1.29, 1.82) is 5.26 Å². The number of aromatic nitrogens is 2. The van der Waals surface area contributed by atoms with Crippen molar-refractivity contribution < 1.29 is 4.74 Å². The lowest BCUT2D eigenvalue weighted by atomic mass is 10.2. The predicted octanol–water partition coefficient (Wildman–Crippen LogP) is 1.86. The summed E-state index contributed by atoms with van der Waals surface area (Å²) in [5.41, 5.74) is 1.30. The highest BCUT2D eigenvalue weighted by atomic mass is 16.5. The Labute approximate surface area is 105 Å². The molecule has 0 amide bonds. The molecule has 90 valence electrons. The van der Waals surface area contributed by atoms with Gasteiger partial charge in [0.1, 0.15) is 11.8 Å². The zero-order valence-corrected chi connectivity index (χ0v) is 9.92. The molecule has 0 unspecified atom stereocenters. The fourth-order valence-electron chi connectivity index (χ4n) is 1.48. The van der Waals surface area contributed by atoms with Crippen LogP contribution in [0.3, 0.4) is 0 Å². The van der Waals surface area contributed by atoms with Crippen molar-refractivity contribution >= 4 is 0 Å². The van der Waals surface area contributed by atoms with Crippen LogP contribution in [0, 0.1) is 11.3 Å². The van der Waals surface area contributed by atoms with Crippen molar-refractivity contribution in [2.24, 2.45) is 0 Å². The van der Waals surface area contributed by atoms with Gasteiger partial charge >= 0.3 is 0 Å². The highest BCUT2D eigenvalue weighted by Crippen LogP contribution is 2.23. The lowest BCUT2D eigenvalue weighted by molar-refractivity contribution is 0.452. The van der Waals surface area contributed by atoms with E-state index in [2.05, 4.69) is 15.3 Å². The maximum atomic E-state index is 8.63. The van der Waals surface area contributed by atoms with E-state index in [9.17, 15) is 0 Å². The maximum absolute atomic E-state index is 8.63. The van der Waals surface area contributed by atoms with E-state index in [0.717, 1.165) is 11.3 Å². The van der Waals surface area contributed by atoms with Gasteiger partial charge in [-0.3, -0.25) is 0 Å². The molecule has 5 heteroatoms. The normalized spacial score (nSPS) is 9.78. The summed E-state index contributed by atoms with van der Waals surface area (Å²) in [7, 11) is 1.87. The molecular formula is C13H12N4O. The Morgan fingerprint density at radius 2 is 2.11 bits per heavy atom. The molecule has 0 atom stereocenters. The van der Waals surface area contributed by atoms with E-state index < -0.39 is 0 Å². The first-order chi connectivity index (χ1) is 8.83. The van der Waals surface area contributed by atoms with E-state index in [1.165, 1.54) is 12.4 Å². The van der Waals surface area contributed by atoms with Crippen molar-refractivity contribution in [3.63, 3.8) is 0 Å². The van der Waals surface area contributed by atoms with E-state index >= 15 is 0 Å². The lowest BCUT2D eigenvalue weighted by Crippen LogP contribution is -2.06. The molecule has 0 aliphatic heterocycles. The minimum Gasteiger partial charge on any atom is -0.437 e. The number of nitriles is 1. The van der Waals surface area contributed by atoms with E-state index in [0.29, 0.717) is 12.4 Å². The van der Waals surface area contributed by atoms with Crippen LogP contribution in [0.25, 0.3) is 0 Å². The van der Waals surface area contributed by atoms with Crippen LogP contribution in [-0.4, -0.2) is 17.0 Å². The van der Waals surface area contributed by atoms with Gasteiger partial charge in [0, 0.05) is 12.1 Å². The first-order valence-corrected chi connectivity index (χ1v) is 5.46. The third-order valence-corrected chi connectivity index (χ3v) is 2.30. The number of hydrogen-bond acceptors (Lipinski definition) is 5. The first-order valence-electron chi connectivity index (χ1n) is 5.46. The Bertz CT molecular complexity index is 560. The summed E-state index contributed by atoms with van der Waals surface area (Å²) in [5.74, 6) is 1.10. The number of ether oxygens (including phenoxy) is 1. The molecule has 1 aromatic heterocycles. The van der Waals surface area contributed by atoms with E-state index in [-0.39, 0.29) is 5.69 Å². The molecule has 1 heterocycles. The van der Waals surface area contributed by atoms with Gasteiger partial charge in [0.15, 0.2) is 5.69 Å². The van der Waals surface area contributed by atoms with E-state index in [1.54, 1.807) is 0 Å². The van der Waals surface area contributed by atoms with Crippen molar-refractivity contribution in [1.82, 2.24) is 15.3 Å². The lowest BCUT2D eigenvalue weighted by Gasteiger charge is -2.09. The van der Waals surface area contributed by atoms with Crippen molar-refractivity contribution in [2.45, 2.75) is 6.54 Å². The standard InChI is InChI=1S/C13H12N4O/c1-15-7-10-4-2-3-5-12(10)18-13-9-16-11(6-14)8-17-13/h2-5,8-9,15H,7H2,1H3. The molecule has 0 bridgehead atoms. The number of benzene rings is 1. The van der Waals surface area contributed by atoms with Crippen LogP contribution in [0.2, 0.25) is 0 Å². The fraction of sp³-hybridized carbons (Fsp3) is 0.154. The van der Waals surface area contributed by atoms with Gasteiger partial charge in [0.25, 0.3) is 0 Å². The minimum atomic E-state index is 0.269. The van der Waals surface area contributed by atoms with Crippen molar-refractivity contribution in [3.8, 4) is 17.7 Å². The van der Waals surface area contributed by atoms with E-state index in [4.69, 9.17) is 10.00 Å². The predicted molar refractivity (Wildman–Crippen MR) is 66.0 cm³/mol. The highest BCUT2D eigenvalue weighted by Gasteiger charge is 2.04. The fourth-order valence-corrected chi connectivity index (χ4v) is 1.48. The molecule has 2 aromatic rings. The van der Waals surface area contributed by atoms with E-state index in [1.807, 2.05) is 37.4 Å². The summed E-state index contributed by atoms with van der Waals surface area (Å²) < 4.78 is 5.64. The smallest absolute Gasteiger partial charge is 0.237 e. The number of rotatable bonds is 4. The largest absolute Gasteiger partial charge is 0.437 e. The van der Waals surface area contributed by atoms with Gasteiger partial charge in [-0.2, -0.15) is 5.26 Å².